The quantitative estimate of drug-likeness (QED) is 0.328. The minimum atomic E-state index is 0.0709. The van der Waals surface area contributed by atoms with Gasteiger partial charge in [-0.3, -0.25) is 4.99 Å². The van der Waals surface area contributed by atoms with E-state index in [-0.39, 0.29) is 5.41 Å². The van der Waals surface area contributed by atoms with Crippen molar-refractivity contribution >= 4 is 5.96 Å². The predicted molar refractivity (Wildman–Crippen MR) is 121 cm³/mol. The van der Waals surface area contributed by atoms with Crippen LogP contribution in [0.4, 0.5) is 0 Å². The molecule has 0 spiro atoms. The van der Waals surface area contributed by atoms with Crippen LogP contribution >= 0.6 is 0 Å². The molecule has 0 radical (unpaired) electrons. The Hall–Kier alpha value is -1.79. The smallest absolute Gasteiger partial charge is 0.191 e. The lowest BCUT2D eigenvalue weighted by Gasteiger charge is -2.30. The van der Waals surface area contributed by atoms with E-state index in [0.29, 0.717) is 5.92 Å². The molecule has 1 aromatic carbocycles. The Bertz CT molecular complexity index is 653. The number of rotatable bonds is 11. The molecule has 0 amide bonds. The Kier molecular flexibility index (Phi) is 9.27. The van der Waals surface area contributed by atoms with Gasteiger partial charge in [0.25, 0.3) is 0 Å². The molecule has 1 aliphatic heterocycles. The number of nitrogens with zero attached hydrogens (tertiary/aromatic N) is 1. The normalized spacial score (nSPS) is 21.0. The second kappa shape index (κ2) is 12.2. The molecule has 6 nitrogen and oxygen atoms in total. The van der Waals surface area contributed by atoms with Crippen LogP contribution in [0.1, 0.15) is 51.0 Å². The van der Waals surface area contributed by atoms with Gasteiger partial charge in [-0.15, -0.1) is 0 Å². The average Bonchev–Trinajstić information content (AvgIpc) is 3.47. The SMILES string of the molecule is CCNC(=NCC1(c2ccccc2OC)CCCC1)NCCCOCC1CCOC1. The minimum Gasteiger partial charge on any atom is -0.496 e. The molecule has 3 rings (SSSR count). The van der Waals surface area contributed by atoms with E-state index in [0.717, 1.165) is 83.5 Å². The van der Waals surface area contributed by atoms with Gasteiger partial charge in [0.05, 0.1) is 26.9 Å². The van der Waals surface area contributed by atoms with Crippen LogP contribution in [0.2, 0.25) is 0 Å². The highest BCUT2D eigenvalue weighted by molar-refractivity contribution is 5.79. The number of para-hydroxylation sites is 1. The van der Waals surface area contributed by atoms with Crippen LogP contribution in [-0.2, 0) is 14.9 Å². The lowest BCUT2D eigenvalue weighted by molar-refractivity contribution is 0.0888. The summed E-state index contributed by atoms with van der Waals surface area (Å²) in [5, 5.41) is 6.86. The first kappa shape index (κ1) is 22.9. The van der Waals surface area contributed by atoms with E-state index in [2.05, 4.69) is 35.8 Å². The van der Waals surface area contributed by atoms with Crippen molar-refractivity contribution in [2.75, 3.05) is 53.2 Å². The van der Waals surface area contributed by atoms with E-state index in [9.17, 15) is 0 Å². The fourth-order valence-corrected chi connectivity index (χ4v) is 4.57. The number of benzene rings is 1. The van der Waals surface area contributed by atoms with Crippen molar-refractivity contribution in [2.24, 2.45) is 10.9 Å². The molecule has 2 N–H and O–H groups in total. The van der Waals surface area contributed by atoms with E-state index < -0.39 is 0 Å². The van der Waals surface area contributed by atoms with Crippen molar-refractivity contribution in [2.45, 2.75) is 50.9 Å². The van der Waals surface area contributed by atoms with Gasteiger partial charge in [0.1, 0.15) is 5.75 Å². The molecule has 1 aliphatic carbocycles. The topological polar surface area (TPSA) is 64.1 Å². The summed E-state index contributed by atoms with van der Waals surface area (Å²) in [5.74, 6) is 2.45. The van der Waals surface area contributed by atoms with Crippen molar-refractivity contribution in [1.29, 1.82) is 0 Å². The highest BCUT2D eigenvalue weighted by Gasteiger charge is 2.37. The number of hydrogen-bond acceptors (Lipinski definition) is 4. The van der Waals surface area contributed by atoms with Gasteiger partial charge in [0.15, 0.2) is 5.96 Å². The Morgan fingerprint density at radius 3 is 2.80 bits per heavy atom. The molecule has 1 unspecified atom stereocenters. The maximum absolute atomic E-state index is 5.81. The summed E-state index contributed by atoms with van der Waals surface area (Å²) in [6, 6.07) is 8.44. The van der Waals surface area contributed by atoms with E-state index in [1.807, 2.05) is 6.07 Å². The van der Waals surface area contributed by atoms with Gasteiger partial charge in [-0.2, -0.15) is 0 Å². The van der Waals surface area contributed by atoms with Crippen molar-refractivity contribution in [1.82, 2.24) is 10.6 Å². The van der Waals surface area contributed by atoms with Crippen LogP contribution in [0, 0.1) is 5.92 Å². The largest absolute Gasteiger partial charge is 0.496 e. The predicted octanol–water partition coefficient (Wildman–Crippen LogP) is 3.51. The summed E-state index contributed by atoms with van der Waals surface area (Å²) in [4.78, 5) is 4.98. The van der Waals surface area contributed by atoms with Gasteiger partial charge >= 0.3 is 0 Å². The third-order valence-corrected chi connectivity index (χ3v) is 6.26. The summed E-state index contributed by atoms with van der Waals surface area (Å²) < 4.78 is 16.9. The fraction of sp³-hybridized carbons (Fsp3) is 0.708. The van der Waals surface area contributed by atoms with Crippen LogP contribution in [0.5, 0.6) is 5.75 Å². The lowest BCUT2D eigenvalue weighted by Crippen LogP contribution is -2.39. The van der Waals surface area contributed by atoms with E-state index in [1.54, 1.807) is 7.11 Å². The molecule has 1 saturated carbocycles. The molecule has 2 fully saturated rings. The summed E-state index contributed by atoms with van der Waals surface area (Å²) >= 11 is 0. The second-order valence-corrected chi connectivity index (χ2v) is 8.47. The summed E-state index contributed by atoms with van der Waals surface area (Å²) in [6.45, 7) is 7.91. The maximum atomic E-state index is 5.81. The van der Waals surface area contributed by atoms with Gasteiger partial charge in [-0.25, -0.2) is 0 Å². The molecular weight excluding hydrogens is 378 g/mol. The van der Waals surface area contributed by atoms with Crippen molar-refractivity contribution in [3.8, 4) is 5.75 Å². The molecule has 168 valence electrons. The molecule has 6 heteroatoms. The Labute approximate surface area is 181 Å². The monoisotopic (exact) mass is 417 g/mol. The minimum absolute atomic E-state index is 0.0709. The first-order valence-corrected chi connectivity index (χ1v) is 11.6. The molecule has 1 heterocycles. The molecule has 1 aromatic rings. The standard InChI is InChI=1S/C24H39N3O3/c1-3-25-23(26-14-8-15-29-17-20-11-16-30-18-20)27-19-24(12-6-7-13-24)21-9-4-5-10-22(21)28-2/h4-5,9-10,20H,3,6-8,11-19H2,1-2H3,(H2,25,26,27). The second-order valence-electron chi connectivity index (χ2n) is 8.47. The summed E-state index contributed by atoms with van der Waals surface area (Å²) in [5.41, 5.74) is 1.37. The Morgan fingerprint density at radius 1 is 1.23 bits per heavy atom. The lowest BCUT2D eigenvalue weighted by atomic mass is 9.78. The zero-order valence-corrected chi connectivity index (χ0v) is 18.8. The fourth-order valence-electron chi connectivity index (χ4n) is 4.57. The van der Waals surface area contributed by atoms with Gasteiger partial charge < -0.3 is 24.8 Å². The number of hydrogen-bond donors (Lipinski definition) is 2. The Morgan fingerprint density at radius 2 is 2.07 bits per heavy atom. The first-order chi connectivity index (χ1) is 14.8. The van der Waals surface area contributed by atoms with Crippen LogP contribution in [0.25, 0.3) is 0 Å². The van der Waals surface area contributed by atoms with E-state index in [1.165, 1.54) is 18.4 Å². The summed E-state index contributed by atoms with van der Waals surface area (Å²) in [6.07, 6.45) is 6.92. The van der Waals surface area contributed by atoms with Gasteiger partial charge in [0.2, 0.25) is 0 Å². The highest BCUT2D eigenvalue weighted by Crippen LogP contribution is 2.44. The molecule has 0 aromatic heterocycles. The number of methoxy groups -OCH3 is 1. The molecule has 30 heavy (non-hydrogen) atoms. The van der Waals surface area contributed by atoms with Gasteiger partial charge in [0, 0.05) is 43.2 Å². The molecule has 1 atom stereocenters. The molecule has 1 saturated heterocycles. The zero-order chi connectivity index (χ0) is 21.1. The molecule has 0 bridgehead atoms. The number of guanidine groups is 1. The van der Waals surface area contributed by atoms with Crippen molar-refractivity contribution in [3.05, 3.63) is 29.8 Å². The van der Waals surface area contributed by atoms with Crippen LogP contribution < -0.4 is 15.4 Å². The van der Waals surface area contributed by atoms with E-state index in [4.69, 9.17) is 19.2 Å². The Balaban J connectivity index is 1.51. The first-order valence-electron chi connectivity index (χ1n) is 11.6. The average molecular weight is 418 g/mol. The maximum Gasteiger partial charge on any atom is 0.191 e. The summed E-state index contributed by atoms with van der Waals surface area (Å²) in [7, 11) is 1.76. The van der Waals surface area contributed by atoms with Crippen molar-refractivity contribution < 1.29 is 14.2 Å². The van der Waals surface area contributed by atoms with Crippen LogP contribution in [0.3, 0.4) is 0 Å². The zero-order valence-electron chi connectivity index (χ0n) is 18.8. The molecular formula is C24H39N3O3. The van der Waals surface area contributed by atoms with Crippen LogP contribution in [0.15, 0.2) is 29.3 Å². The number of ether oxygens (including phenoxy) is 3. The third kappa shape index (κ3) is 6.35. The highest BCUT2D eigenvalue weighted by atomic mass is 16.5. The third-order valence-electron chi connectivity index (χ3n) is 6.26. The van der Waals surface area contributed by atoms with E-state index >= 15 is 0 Å². The van der Waals surface area contributed by atoms with Crippen LogP contribution in [-0.4, -0.2) is 59.1 Å². The van der Waals surface area contributed by atoms with Gasteiger partial charge in [-0.05, 0) is 38.7 Å². The van der Waals surface area contributed by atoms with Crippen molar-refractivity contribution in [3.63, 3.8) is 0 Å². The number of nitrogens with one attached hydrogen (secondary N) is 2. The van der Waals surface area contributed by atoms with Gasteiger partial charge in [-0.1, -0.05) is 31.0 Å². The number of aliphatic imine (C=N–C) groups is 1. The molecule has 2 aliphatic rings.